The third-order valence-corrected chi connectivity index (χ3v) is 17.5. The maximum Gasteiger partial charge on any atom is 0.220 e. The van der Waals surface area contributed by atoms with E-state index in [9.17, 15) is 15.0 Å². The summed E-state index contributed by atoms with van der Waals surface area (Å²) >= 11 is 0. The topological polar surface area (TPSA) is 69.6 Å². The first-order valence-electron chi connectivity index (χ1n) is 37.5. The second-order valence-corrected chi connectivity index (χ2v) is 25.7. The molecule has 0 aliphatic rings. The molecule has 482 valence electrons. The average Bonchev–Trinajstić information content (AvgIpc) is 3.50. The molecule has 0 aromatic heterocycles. The third-order valence-electron chi connectivity index (χ3n) is 17.5. The molecule has 0 aromatic rings. The molecule has 2 unspecified atom stereocenters. The fourth-order valence-electron chi connectivity index (χ4n) is 11.8. The summed E-state index contributed by atoms with van der Waals surface area (Å²) in [5.41, 5.74) is 0. The van der Waals surface area contributed by atoms with Crippen LogP contribution < -0.4 is 5.32 Å². The summed E-state index contributed by atoms with van der Waals surface area (Å²) in [6.07, 6.45) is 105. The van der Waals surface area contributed by atoms with Crippen molar-refractivity contribution in [3.63, 3.8) is 0 Å². The van der Waals surface area contributed by atoms with Gasteiger partial charge in [0, 0.05) is 6.42 Å². The van der Waals surface area contributed by atoms with E-state index in [1.807, 2.05) is 6.08 Å². The van der Waals surface area contributed by atoms with E-state index in [1.54, 1.807) is 6.08 Å². The van der Waals surface area contributed by atoms with Gasteiger partial charge in [0.2, 0.25) is 5.91 Å². The molecular formula is C78H147NO3. The molecule has 0 aliphatic carbocycles. The number of rotatable bonds is 70. The highest BCUT2D eigenvalue weighted by Gasteiger charge is 2.18. The van der Waals surface area contributed by atoms with Crippen LogP contribution in [0.3, 0.4) is 0 Å². The lowest BCUT2D eigenvalue weighted by molar-refractivity contribution is -0.123. The minimum Gasteiger partial charge on any atom is -0.394 e. The lowest BCUT2D eigenvalue weighted by atomic mass is 10.0. The smallest absolute Gasteiger partial charge is 0.220 e. The summed E-state index contributed by atoms with van der Waals surface area (Å²) in [6, 6.07) is -0.642. The molecule has 0 heterocycles. The maximum atomic E-state index is 12.6. The van der Waals surface area contributed by atoms with Crippen molar-refractivity contribution < 1.29 is 15.0 Å². The van der Waals surface area contributed by atoms with Gasteiger partial charge in [0.15, 0.2) is 0 Å². The van der Waals surface area contributed by atoms with Crippen molar-refractivity contribution in [3.05, 3.63) is 60.8 Å². The van der Waals surface area contributed by atoms with Crippen LogP contribution in [-0.2, 0) is 4.79 Å². The molecule has 0 spiro atoms. The van der Waals surface area contributed by atoms with Crippen LogP contribution in [0.4, 0.5) is 0 Å². The van der Waals surface area contributed by atoms with E-state index >= 15 is 0 Å². The highest BCUT2D eigenvalue weighted by atomic mass is 16.3. The highest BCUT2D eigenvalue weighted by Crippen LogP contribution is 2.19. The van der Waals surface area contributed by atoms with Gasteiger partial charge in [0.25, 0.3) is 0 Å². The molecule has 0 bridgehead atoms. The van der Waals surface area contributed by atoms with Gasteiger partial charge in [-0.05, 0) is 70.6 Å². The van der Waals surface area contributed by atoms with Crippen molar-refractivity contribution in [2.24, 2.45) is 0 Å². The Bertz CT molecular complexity index is 1350. The number of hydrogen-bond acceptors (Lipinski definition) is 3. The normalized spacial score (nSPS) is 13.0. The predicted octanol–water partition coefficient (Wildman–Crippen LogP) is 25.8. The number of aliphatic hydroxyl groups excluding tert-OH is 2. The molecule has 3 N–H and O–H groups in total. The standard InChI is InChI=1S/C78H147NO3/c1-3-5-7-9-11-13-15-17-19-21-23-25-27-29-31-33-35-37-38-39-40-42-44-46-48-50-52-54-56-58-60-62-64-66-68-70-72-74-78(82)79-76(75-80)77(81)73-71-69-67-65-63-61-59-57-55-53-51-49-47-45-43-41-36-34-32-30-28-26-24-22-20-18-16-14-12-10-8-6-4-2/h15,17,21,23,27,29,63,65,71,73,76-77,80-81H,3-14,16,18-20,22,24-26,28,30-62,64,66-70,72,74-75H2,1-2H3,(H,79,82)/b17-15-,23-21-,29-27-,65-63+,73-71+. The van der Waals surface area contributed by atoms with E-state index in [-0.39, 0.29) is 12.5 Å². The van der Waals surface area contributed by atoms with Crippen molar-refractivity contribution in [2.75, 3.05) is 6.61 Å². The Labute approximate surface area is 515 Å². The Morgan fingerprint density at radius 3 is 0.793 bits per heavy atom. The van der Waals surface area contributed by atoms with Crippen molar-refractivity contribution in [1.82, 2.24) is 5.32 Å². The Morgan fingerprint density at radius 1 is 0.293 bits per heavy atom. The van der Waals surface area contributed by atoms with Gasteiger partial charge >= 0.3 is 0 Å². The van der Waals surface area contributed by atoms with Gasteiger partial charge in [-0.15, -0.1) is 0 Å². The first kappa shape index (κ1) is 80.1. The number of carbonyl (C=O) groups is 1. The molecule has 0 rings (SSSR count). The van der Waals surface area contributed by atoms with Gasteiger partial charge in [-0.3, -0.25) is 4.79 Å². The minimum atomic E-state index is -0.865. The number of hydrogen-bond donors (Lipinski definition) is 3. The van der Waals surface area contributed by atoms with Crippen LogP contribution in [0.1, 0.15) is 412 Å². The van der Waals surface area contributed by atoms with Crippen LogP contribution in [0, 0.1) is 0 Å². The number of unbranched alkanes of at least 4 members (excludes halogenated alkanes) is 55. The average molecular weight is 1150 g/mol. The fourth-order valence-corrected chi connectivity index (χ4v) is 11.8. The zero-order valence-electron chi connectivity index (χ0n) is 55.8. The molecule has 82 heavy (non-hydrogen) atoms. The van der Waals surface area contributed by atoms with E-state index in [1.165, 1.54) is 347 Å². The zero-order chi connectivity index (χ0) is 59.1. The van der Waals surface area contributed by atoms with Crippen molar-refractivity contribution in [1.29, 1.82) is 0 Å². The Morgan fingerprint density at radius 2 is 0.512 bits per heavy atom. The molecule has 1 amide bonds. The first-order valence-corrected chi connectivity index (χ1v) is 37.5. The van der Waals surface area contributed by atoms with Gasteiger partial charge in [-0.25, -0.2) is 0 Å². The van der Waals surface area contributed by atoms with Gasteiger partial charge in [-0.1, -0.05) is 396 Å². The molecular weight excluding hydrogens is 999 g/mol. The van der Waals surface area contributed by atoms with E-state index in [2.05, 4.69) is 67.8 Å². The van der Waals surface area contributed by atoms with Gasteiger partial charge < -0.3 is 15.5 Å². The number of amides is 1. The molecule has 0 radical (unpaired) electrons. The molecule has 0 aliphatic heterocycles. The fraction of sp³-hybridized carbons (Fsp3) is 0.859. The molecule has 0 aromatic carbocycles. The maximum absolute atomic E-state index is 12.6. The van der Waals surface area contributed by atoms with Gasteiger partial charge in [-0.2, -0.15) is 0 Å². The molecule has 0 saturated heterocycles. The Kier molecular flexibility index (Phi) is 71.6. The Hall–Kier alpha value is -1.91. The number of allylic oxidation sites excluding steroid dienone is 9. The minimum absolute atomic E-state index is 0.0666. The van der Waals surface area contributed by atoms with Gasteiger partial charge in [0.05, 0.1) is 18.8 Å². The van der Waals surface area contributed by atoms with Crippen molar-refractivity contribution in [3.8, 4) is 0 Å². The van der Waals surface area contributed by atoms with Crippen LogP contribution in [0.5, 0.6) is 0 Å². The highest BCUT2D eigenvalue weighted by molar-refractivity contribution is 5.76. The molecule has 0 saturated carbocycles. The SMILES string of the molecule is CCCCCCC/C=C\C/C=C\C/C=C\CCCCCCCCCCCCCCCCCCCCCCCCC(=O)NC(CO)C(O)/C=C/CC/C=C/CCCCCCCCCCCCCCCCCCCCCCCCCCCCC. The summed E-state index contributed by atoms with van der Waals surface area (Å²) in [7, 11) is 0. The Balaban J connectivity index is 3.44. The second-order valence-electron chi connectivity index (χ2n) is 25.7. The summed E-state index contributed by atoms with van der Waals surface area (Å²) in [5, 5.41) is 23.3. The summed E-state index contributed by atoms with van der Waals surface area (Å²) in [4.78, 5) is 12.6. The second kappa shape index (κ2) is 73.3. The number of aliphatic hydroxyl groups is 2. The first-order chi connectivity index (χ1) is 40.7. The summed E-state index contributed by atoms with van der Waals surface area (Å²) in [6.45, 7) is 4.33. The van der Waals surface area contributed by atoms with E-state index in [4.69, 9.17) is 0 Å². The quantitative estimate of drug-likeness (QED) is 0.0420. The van der Waals surface area contributed by atoms with Crippen molar-refractivity contribution >= 4 is 5.91 Å². The van der Waals surface area contributed by atoms with Crippen LogP contribution in [0.15, 0.2) is 60.8 Å². The zero-order valence-corrected chi connectivity index (χ0v) is 55.8. The van der Waals surface area contributed by atoms with Gasteiger partial charge in [0.1, 0.15) is 0 Å². The lowest BCUT2D eigenvalue weighted by Crippen LogP contribution is -2.45. The molecule has 4 heteroatoms. The lowest BCUT2D eigenvalue weighted by Gasteiger charge is -2.19. The molecule has 0 fully saturated rings. The van der Waals surface area contributed by atoms with E-state index in [0.29, 0.717) is 6.42 Å². The summed E-state index contributed by atoms with van der Waals surface area (Å²) in [5.74, 6) is -0.0666. The third kappa shape index (κ3) is 68.9. The van der Waals surface area contributed by atoms with E-state index < -0.39 is 12.1 Å². The summed E-state index contributed by atoms with van der Waals surface area (Å²) < 4.78 is 0. The van der Waals surface area contributed by atoms with Crippen LogP contribution >= 0.6 is 0 Å². The van der Waals surface area contributed by atoms with Crippen molar-refractivity contribution in [2.45, 2.75) is 424 Å². The van der Waals surface area contributed by atoms with Crippen LogP contribution in [0.2, 0.25) is 0 Å². The number of nitrogens with one attached hydrogen (secondary N) is 1. The molecule has 4 nitrogen and oxygen atoms in total. The molecule has 2 atom stereocenters. The van der Waals surface area contributed by atoms with Crippen LogP contribution in [0.25, 0.3) is 0 Å². The van der Waals surface area contributed by atoms with E-state index in [0.717, 1.165) is 44.9 Å². The largest absolute Gasteiger partial charge is 0.394 e. The predicted molar refractivity (Wildman–Crippen MR) is 368 cm³/mol. The monoisotopic (exact) mass is 1150 g/mol. The number of carbonyl (C=O) groups excluding carboxylic acids is 1. The van der Waals surface area contributed by atoms with Crippen LogP contribution in [-0.4, -0.2) is 34.9 Å².